The van der Waals surface area contributed by atoms with Gasteiger partial charge < -0.3 is 61.3 Å². The summed E-state index contributed by atoms with van der Waals surface area (Å²) in [6.45, 7) is 7.17. The van der Waals surface area contributed by atoms with Crippen molar-refractivity contribution in [1.29, 1.82) is 0 Å². The van der Waals surface area contributed by atoms with E-state index in [4.69, 9.17) is 61.3 Å². The van der Waals surface area contributed by atoms with Crippen molar-refractivity contribution < 1.29 is 61.3 Å². The molecule has 0 aliphatic rings. The SMILES string of the molecule is COCCOCCOCCOc1cc(-c2nnc(-c3c4ccccc4cc4ccccc34)o2)cc(OCCOCCOCCOC)c1OCCOCCOCCOC. The average molecular weight is 809 g/mol. The fourth-order valence-corrected chi connectivity index (χ4v) is 5.76. The molecule has 0 amide bonds. The summed E-state index contributed by atoms with van der Waals surface area (Å²) in [6, 6.07) is 22.1. The van der Waals surface area contributed by atoms with E-state index in [2.05, 4.69) is 40.5 Å². The molecule has 0 aliphatic heterocycles. The molecule has 0 spiro atoms. The molecule has 0 saturated carbocycles. The van der Waals surface area contributed by atoms with Crippen molar-refractivity contribution in [3.8, 4) is 40.2 Å². The van der Waals surface area contributed by atoms with Gasteiger partial charge in [-0.15, -0.1) is 10.2 Å². The standard InChI is InChI=1S/C43H56N2O13/c1-46-12-15-49-18-21-52-24-27-55-38-31-35(42-44-45-43(58-42)40-36-10-6-4-8-33(36)30-34-9-5-7-11-37(34)40)32-39(56-28-25-53-22-19-50-16-13-47-2)41(38)57-29-26-54-23-20-51-17-14-48-3/h4-11,30-32H,12-29H2,1-3H3. The summed E-state index contributed by atoms with van der Waals surface area (Å²) in [4.78, 5) is 0. The zero-order chi connectivity index (χ0) is 40.5. The van der Waals surface area contributed by atoms with Crippen molar-refractivity contribution in [1.82, 2.24) is 10.2 Å². The molecule has 0 atom stereocenters. The number of aromatic nitrogens is 2. The van der Waals surface area contributed by atoms with Gasteiger partial charge in [0, 0.05) is 26.9 Å². The second-order valence-electron chi connectivity index (χ2n) is 12.6. The van der Waals surface area contributed by atoms with Gasteiger partial charge in [-0.25, -0.2) is 0 Å². The first-order valence-electron chi connectivity index (χ1n) is 19.5. The van der Waals surface area contributed by atoms with Crippen LogP contribution in [0, 0.1) is 0 Å². The molecule has 5 aromatic rings. The highest BCUT2D eigenvalue weighted by Gasteiger charge is 2.22. The molecule has 0 bridgehead atoms. The molecular weight excluding hydrogens is 752 g/mol. The molecule has 0 aliphatic carbocycles. The maximum Gasteiger partial charge on any atom is 0.249 e. The Balaban J connectivity index is 1.37. The monoisotopic (exact) mass is 808 g/mol. The summed E-state index contributed by atoms with van der Waals surface area (Å²) in [7, 11) is 4.90. The molecule has 0 radical (unpaired) electrons. The van der Waals surface area contributed by atoms with Crippen molar-refractivity contribution >= 4 is 21.5 Å². The number of rotatable bonds is 32. The molecule has 316 valence electrons. The van der Waals surface area contributed by atoms with E-state index in [0.717, 1.165) is 27.1 Å². The van der Waals surface area contributed by atoms with E-state index in [1.54, 1.807) is 33.5 Å². The second kappa shape index (κ2) is 26.6. The Hall–Kier alpha value is -4.42. The number of nitrogens with zero attached hydrogens (tertiary/aromatic N) is 2. The first-order chi connectivity index (χ1) is 28.7. The minimum Gasteiger partial charge on any atom is -0.487 e. The maximum absolute atomic E-state index is 6.47. The Morgan fingerprint density at radius 2 is 0.793 bits per heavy atom. The van der Waals surface area contributed by atoms with E-state index >= 15 is 0 Å². The molecule has 0 fully saturated rings. The van der Waals surface area contributed by atoms with Crippen LogP contribution in [0.1, 0.15) is 0 Å². The third kappa shape index (κ3) is 14.4. The summed E-state index contributed by atoms with van der Waals surface area (Å²) >= 11 is 0. The van der Waals surface area contributed by atoms with Crippen LogP contribution in [-0.4, -0.2) is 150 Å². The molecular formula is C43H56N2O13. The van der Waals surface area contributed by atoms with Crippen LogP contribution in [-0.2, 0) is 42.6 Å². The normalized spacial score (nSPS) is 11.5. The molecule has 1 aromatic heterocycles. The smallest absolute Gasteiger partial charge is 0.249 e. The lowest BCUT2D eigenvalue weighted by atomic mass is 9.97. The fourth-order valence-electron chi connectivity index (χ4n) is 5.76. The first kappa shape index (κ1) is 44.7. The van der Waals surface area contributed by atoms with E-state index in [1.807, 2.05) is 24.3 Å². The molecule has 0 N–H and O–H groups in total. The van der Waals surface area contributed by atoms with E-state index in [1.165, 1.54) is 0 Å². The molecule has 1 heterocycles. The Morgan fingerprint density at radius 3 is 1.24 bits per heavy atom. The van der Waals surface area contributed by atoms with Gasteiger partial charge in [0.15, 0.2) is 11.5 Å². The summed E-state index contributed by atoms with van der Waals surface area (Å²) in [5.74, 6) is 1.85. The molecule has 4 aromatic carbocycles. The summed E-state index contributed by atoms with van der Waals surface area (Å²) in [6.07, 6.45) is 0. The number of ether oxygens (including phenoxy) is 12. The van der Waals surface area contributed by atoms with Crippen LogP contribution in [0.3, 0.4) is 0 Å². The highest BCUT2D eigenvalue weighted by molar-refractivity contribution is 6.11. The molecule has 15 nitrogen and oxygen atoms in total. The molecule has 5 rings (SSSR count). The third-order valence-electron chi connectivity index (χ3n) is 8.53. The zero-order valence-corrected chi connectivity index (χ0v) is 33.8. The molecule has 0 unspecified atom stereocenters. The Kier molecular flexibility index (Phi) is 20.5. The zero-order valence-electron chi connectivity index (χ0n) is 33.8. The largest absolute Gasteiger partial charge is 0.487 e. The summed E-state index contributed by atoms with van der Waals surface area (Å²) < 4.78 is 74.2. The van der Waals surface area contributed by atoms with Crippen LogP contribution in [0.15, 0.2) is 71.1 Å². The van der Waals surface area contributed by atoms with Crippen LogP contribution in [0.25, 0.3) is 44.5 Å². The van der Waals surface area contributed by atoms with Gasteiger partial charge in [0.25, 0.3) is 0 Å². The quantitative estimate of drug-likeness (QED) is 0.0375. The van der Waals surface area contributed by atoms with Crippen LogP contribution in [0.2, 0.25) is 0 Å². The number of hydrogen-bond donors (Lipinski definition) is 0. The van der Waals surface area contributed by atoms with Gasteiger partial charge in [0.2, 0.25) is 17.5 Å². The maximum atomic E-state index is 6.47. The summed E-state index contributed by atoms with van der Waals surface area (Å²) in [5, 5.41) is 13.2. The molecule has 58 heavy (non-hydrogen) atoms. The van der Waals surface area contributed by atoms with Crippen LogP contribution < -0.4 is 14.2 Å². The van der Waals surface area contributed by atoms with Gasteiger partial charge in [0.1, 0.15) is 19.8 Å². The third-order valence-corrected chi connectivity index (χ3v) is 8.53. The lowest BCUT2D eigenvalue weighted by Gasteiger charge is -2.18. The second-order valence-corrected chi connectivity index (χ2v) is 12.6. The molecule has 15 heteroatoms. The highest BCUT2D eigenvalue weighted by Crippen LogP contribution is 2.43. The van der Waals surface area contributed by atoms with Crippen molar-refractivity contribution in [3.05, 3.63) is 66.7 Å². The van der Waals surface area contributed by atoms with Crippen molar-refractivity contribution in [2.45, 2.75) is 0 Å². The van der Waals surface area contributed by atoms with Gasteiger partial charge in [-0.1, -0.05) is 48.5 Å². The first-order valence-corrected chi connectivity index (χ1v) is 19.5. The minimum atomic E-state index is 0.216. The van der Waals surface area contributed by atoms with E-state index in [-0.39, 0.29) is 25.7 Å². The molecule has 0 saturated heterocycles. The Morgan fingerprint density at radius 1 is 0.414 bits per heavy atom. The van der Waals surface area contributed by atoms with E-state index < -0.39 is 0 Å². The minimum absolute atomic E-state index is 0.216. The predicted octanol–water partition coefficient (Wildman–Crippen LogP) is 5.89. The lowest BCUT2D eigenvalue weighted by molar-refractivity contribution is 0.0146. The highest BCUT2D eigenvalue weighted by atomic mass is 16.6. The topological polar surface area (TPSA) is 150 Å². The number of benzene rings is 4. The number of fused-ring (bicyclic) bond motifs is 2. The van der Waals surface area contributed by atoms with Gasteiger partial charge in [-0.05, 0) is 39.7 Å². The number of hydrogen-bond acceptors (Lipinski definition) is 15. The lowest BCUT2D eigenvalue weighted by Crippen LogP contribution is -2.15. The predicted molar refractivity (Wildman–Crippen MR) is 217 cm³/mol. The van der Waals surface area contributed by atoms with Crippen molar-refractivity contribution in [2.75, 3.05) is 140 Å². The Labute approximate surface area is 339 Å². The van der Waals surface area contributed by atoms with Crippen LogP contribution >= 0.6 is 0 Å². The van der Waals surface area contributed by atoms with Crippen LogP contribution in [0.5, 0.6) is 17.2 Å². The fraction of sp³-hybridized carbons (Fsp3) is 0.488. The summed E-state index contributed by atoms with van der Waals surface area (Å²) in [5.41, 5.74) is 1.43. The van der Waals surface area contributed by atoms with Crippen molar-refractivity contribution in [3.63, 3.8) is 0 Å². The van der Waals surface area contributed by atoms with E-state index in [0.29, 0.717) is 128 Å². The van der Waals surface area contributed by atoms with E-state index in [9.17, 15) is 0 Å². The van der Waals surface area contributed by atoms with Crippen molar-refractivity contribution in [2.24, 2.45) is 0 Å². The van der Waals surface area contributed by atoms with Gasteiger partial charge in [-0.3, -0.25) is 0 Å². The van der Waals surface area contributed by atoms with Crippen LogP contribution in [0.4, 0.5) is 0 Å². The average Bonchev–Trinajstić information content (AvgIpc) is 3.74. The Bertz CT molecular complexity index is 1790. The number of methoxy groups -OCH3 is 3. The van der Waals surface area contributed by atoms with Gasteiger partial charge in [0.05, 0.1) is 105 Å². The van der Waals surface area contributed by atoms with Gasteiger partial charge >= 0.3 is 0 Å². The van der Waals surface area contributed by atoms with Gasteiger partial charge in [-0.2, -0.15) is 0 Å².